The van der Waals surface area contributed by atoms with E-state index in [-0.39, 0.29) is 11.4 Å². The fourth-order valence-corrected chi connectivity index (χ4v) is 2.58. The molecule has 4 nitrogen and oxygen atoms in total. The molecule has 0 bridgehead atoms. The molecule has 0 saturated heterocycles. The van der Waals surface area contributed by atoms with Crippen LogP contribution in [-0.4, -0.2) is 22.6 Å². The Labute approximate surface area is 104 Å². The number of nitrogens with zero attached hydrogens (tertiary/aromatic N) is 1. The molecule has 0 amide bonds. The number of hydrogen-bond donors (Lipinski definition) is 2. The molecular formula is C13H15FN2O2. The number of halogens is 1. The first-order valence-electron chi connectivity index (χ1n) is 6.24. The second-order valence-electron chi connectivity index (χ2n) is 5.32. The van der Waals surface area contributed by atoms with Crippen molar-refractivity contribution < 1.29 is 14.3 Å². The van der Waals surface area contributed by atoms with E-state index in [4.69, 9.17) is 5.11 Å². The predicted octanol–water partition coefficient (Wildman–Crippen LogP) is 2.52. The number of aromatic carboxylic acids is 1. The standard InChI is InChI=1S/C13H15FN2O2/c14-10-9(12(17)18)3-6-15-11(10)16-7-13(4-5-13)8-1-2-8/h3,6,8H,1-2,4-5,7H2,(H,15,16)(H,17,18). The van der Waals surface area contributed by atoms with E-state index in [0.29, 0.717) is 12.0 Å². The summed E-state index contributed by atoms with van der Waals surface area (Å²) in [6.07, 6.45) is 6.24. The van der Waals surface area contributed by atoms with Gasteiger partial charge in [-0.2, -0.15) is 0 Å². The van der Waals surface area contributed by atoms with Crippen LogP contribution in [-0.2, 0) is 0 Å². The largest absolute Gasteiger partial charge is 0.478 e. The van der Waals surface area contributed by atoms with Gasteiger partial charge >= 0.3 is 5.97 Å². The van der Waals surface area contributed by atoms with Gasteiger partial charge in [-0.25, -0.2) is 14.2 Å². The molecule has 0 unspecified atom stereocenters. The summed E-state index contributed by atoms with van der Waals surface area (Å²) >= 11 is 0. The third-order valence-corrected chi connectivity index (χ3v) is 4.06. The molecule has 96 valence electrons. The molecule has 1 aromatic heterocycles. The van der Waals surface area contributed by atoms with Crippen molar-refractivity contribution in [3.63, 3.8) is 0 Å². The minimum atomic E-state index is -1.26. The molecule has 0 atom stereocenters. The number of rotatable bonds is 5. The zero-order valence-corrected chi connectivity index (χ0v) is 9.95. The molecular weight excluding hydrogens is 235 g/mol. The highest BCUT2D eigenvalue weighted by Crippen LogP contribution is 2.61. The molecule has 0 aliphatic heterocycles. The van der Waals surface area contributed by atoms with Gasteiger partial charge in [0.15, 0.2) is 11.6 Å². The lowest BCUT2D eigenvalue weighted by atomic mass is 10.0. The maximum Gasteiger partial charge on any atom is 0.338 e. The Bertz CT molecular complexity index is 496. The maximum atomic E-state index is 13.8. The topological polar surface area (TPSA) is 62.2 Å². The zero-order valence-electron chi connectivity index (χ0n) is 9.95. The first-order valence-corrected chi connectivity index (χ1v) is 6.24. The number of pyridine rings is 1. The van der Waals surface area contributed by atoms with Gasteiger partial charge in [0.2, 0.25) is 0 Å². The summed E-state index contributed by atoms with van der Waals surface area (Å²) in [7, 11) is 0. The summed E-state index contributed by atoms with van der Waals surface area (Å²) in [5.74, 6) is -1.20. The van der Waals surface area contributed by atoms with E-state index >= 15 is 0 Å². The molecule has 1 aromatic rings. The van der Waals surface area contributed by atoms with Gasteiger partial charge in [-0.05, 0) is 43.1 Å². The Morgan fingerprint density at radius 1 is 1.56 bits per heavy atom. The molecule has 2 fully saturated rings. The fourth-order valence-electron chi connectivity index (χ4n) is 2.58. The highest BCUT2D eigenvalue weighted by atomic mass is 19.1. The second kappa shape index (κ2) is 3.93. The van der Waals surface area contributed by atoms with E-state index in [1.807, 2.05) is 0 Å². The Balaban J connectivity index is 1.72. The van der Waals surface area contributed by atoms with Crippen LogP contribution in [0.15, 0.2) is 12.3 Å². The van der Waals surface area contributed by atoms with Gasteiger partial charge < -0.3 is 10.4 Å². The van der Waals surface area contributed by atoms with Crippen LogP contribution in [0.5, 0.6) is 0 Å². The Morgan fingerprint density at radius 2 is 2.28 bits per heavy atom. The average Bonchev–Trinajstić information content (AvgIpc) is 3.19. The van der Waals surface area contributed by atoms with Crippen LogP contribution in [0.3, 0.4) is 0 Å². The lowest BCUT2D eigenvalue weighted by Gasteiger charge is -2.16. The van der Waals surface area contributed by atoms with Crippen LogP contribution in [0.1, 0.15) is 36.0 Å². The SMILES string of the molecule is O=C(O)c1ccnc(NCC2(C3CC3)CC2)c1F. The van der Waals surface area contributed by atoms with E-state index in [0.717, 1.165) is 5.92 Å². The van der Waals surface area contributed by atoms with Crippen LogP contribution in [0.2, 0.25) is 0 Å². The van der Waals surface area contributed by atoms with E-state index in [1.165, 1.54) is 37.9 Å². The van der Waals surface area contributed by atoms with E-state index in [9.17, 15) is 9.18 Å². The Hall–Kier alpha value is -1.65. The number of nitrogens with one attached hydrogen (secondary N) is 1. The van der Waals surface area contributed by atoms with Gasteiger partial charge in [0.25, 0.3) is 0 Å². The lowest BCUT2D eigenvalue weighted by Crippen LogP contribution is -2.19. The summed E-state index contributed by atoms with van der Waals surface area (Å²) in [5.41, 5.74) is -0.00311. The number of aromatic nitrogens is 1. The first-order chi connectivity index (χ1) is 8.62. The number of carboxylic acids is 1. The van der Waals surface area contributed by atoms with Crippen LogP contribution in [0.4, 0.5) is 10.2 Å². The molecule has 18 heavy (non-hydrogen) atoms. The summed E-state index contributed by atoms with van der Waals surface area (Å²) in [6.45, 7) is 0.699. The summed E-state index contributed by atoms with van der Waals surface area (Å²) in [4.78, 5) is 14.7. The van der Waals surface area contributed by atoms with Crippen molar-refractivity contribution in [3.05, 3.63) is 23.6 Å². The van der Waals surface area contributed by atoms with Crippen molar-refractivity contribution in [2.45, 2.75) is 25.7 Å². The van der Waals surface area contributed by atoms with Gasteiger partial charge in [0, 0.05) is 12.7 Å². The molecule has 3 rings (SSSR count). The Morgan fingerprint density at radius 3 is 2.83 bits per heavy atom. The number of hydrogen-bond acceptors (Lipinski definition) is 3. The van der Waals surface area contributed by atoms with Gasteiger partial charge in [0.1, 0.15) is 5.56 Å². The molecule has 1 heterocycles. The van der Waals surface area contributed by atoms with E-state index in [2.05, 4.69) is 10.3 Å². The van der Waals surface area contributed by atoms with Gasteiger partial charge in [-0.15, -0.1) is 0 Å². The number of carboxylic acid groups (broad SMARTS) is 1. The molecule has 5 heteroatoms. The van der Waals surface area contributed by atoms with Crippen LogP contribution < -0.4 is 5.32 Å². The normalized spacial score (nSPS) is 20.5. The van der Waals surface area contributed by atoms with Crippen molar-refractivity contribution in [1.29, 1.82) is 0 Å². The summed E-state index contributed by atoms with van der Waals surface area (Å²) in [5, 5.41) is 11.8. The van der Waals surface area contributed by atoms with Crippen molar-refractivity contribution in [2.24, 2.45) is 11.3 Å². The first kappa shape index (κ1) is 11.4. The van der Waals surface area contributed by atoms with Gasteiger partial charge in [0.05, 0.1) is 0 Å². The molecule has 0 radical (unpaired) electrons. The molecule has 2 N–H and O–H groups in total. The molecule has 0 spiro atoms. The number of anilines is 1. The molecule has 2 aliphatic rings. The minimum absolute atomic E-state index is 0.0572. The average molecular weight is 250 g/mol. The highest BCUT2D eigenvalue weighted by Gasteiger charge is 2.53. The smallest absolute Gasteiger partial charge is 0.338 e. The number of carbonyl (C=O) groups is 1. The zero-order chi connectivity index (χ0) is 12.8. The maximum absolute atomic E-state index is 13.8. The molecule has 2 aliphatic carbocycles. The highest BCUT2D eigenvalue weighted by molar-refractivity contribution is 5.88. The minimum Gasteiger partial charge on any atom is -0.478 e. The monoisotopic (exact) mass is 250 g/mol. The third-order valence-electron chi connectivity index (χ3n) is 4.06. The van der Waals surface area contributed by atoms with Crippen molar-refractivity contribution in [3.8, 4) is 0 Å². The predicted molar refractivity (Wildman–Crippen MR) is 64.0 cm³/mol. The lowest BCUT2D eigenvalue weighted by molar-refractivity contribution is 0.0692. The van der Waals surface area contributed by atoms with Crippen LogP contribution >= 0.6 is 0 Å². The van der Waals surface area contributed by atoms with E-state index in [1.54, 1.807) is 0 Å². The van der Waals surface area contributed by atoms with E-state index < -0.39 is 11.8 Å². The van der Waals surface area contributed by atoms with Crippen LogP contribution in [0.25, 0.3) is 0 Å². The van der Waals surface area contributed by atoms with Crippen LogP contribution in [0, 0.1) is 17.2 Å². The third kappa shape index (κ3) is 1.94. The fraction of sp³-hybridized carbons (Fsp3) is 0.538. The van der Waals surface area contributed by atoms with Gasteiger partial charge in [-0.1, -0.05) is 0 Å². The summed E-state index contributed by atoms with van der Waals surface area (Å²) in [6, 6.07) is 1.18. The summed E-state index contributed by atoms with van der Waals surface area (Å²) < 4.78 is 13.8. The molecule has 0 aromatic carbocycles. The quantitative estimate of drug-likeness (QED) is 0.843. The molecule has 2 saturated carbocycles. The van der Waals surface area contributed by atoms with Crippen molar-refractivity contribution in [1.82, 2.24) is 4.98 Å². The second-order valence-corrected chi connectivity index (χ2v) is 5.32. The van der Waals surface area contributed by atoms with Crippen molar-refractivity contribution in [2.75, 3.05) is 11.9 Å². The van der Waals surface area contributed by atoms with Crippen molar-refractivity contribution >= 4 is 11.8 Å². The van der Waals surface area contributed by atoms with Gasteiger partial charge in [-0.3, -0.25) is 0 Å². The Kier molecular flexibility index (Phi) is 2.50.